The summed E-state index contributed by atoms with van der Waals surface area (Å²) in [6.45, 7) is 3.47. The van der Waals surface area contributed by atoms with E-state index in [2.05, 4.69) is 88.6 Å². The summed E-state index contributed by atoms with van der Waals surface area (Å²) >= 11 is 0. The minimum Gasteiger partial charge on any atom is -0.484 e. The summed E-state index contributed by atoms with van der Waals surface area (Å²) in [5.41, 5.74) is 2.70. The number of fused-ring (bicyclic) bond motifs is 1. The fourth-order valence-corrected chi connectivity index (χ4v) is 5.33. The van der Waals surface area contributed by atoms with Crippen LogP contribution >= 0.6 is 0 Å². The molecule has 3 heteroatoms. The zero-order valence-electron chi connectivity index (χ0n) is 17.7. The van der Waals surface area contributed by atoms with Gasteiger partial charge in [-0.3, -0.25) is 0 Å². The van der Waals surface area contributed by atoms with Crippen LogP contribution in [0.2, 0.25) is 0 Å². The van der Waals surface area contributed by atoms with Gasteiger partial charge in [0.05, 0.1) is 0 Å². The Kier molecular flexibility index (Phi) is 5.63. The van der Waals surface area contributed by atoms with Crippen molar-refractivity contribution in [3.05, 3.63) is 90.3 Å². The van der Waals surface area contributed by atoms with Crippen LogP contribution in [0.5, 0.6) is 5.75 Å². The van der Waals surface area contributed by atoms with Crippen LogP contribution in [0.3, 0.4) is 0 Å². The summed E-state index contributed by atoms with van der Waals surface area (Å²) in [5, 5.41) is 0. The molecule has 0 amide bonds. The van der Waals surface area contributed by atoms with Crippen molar-refractivity contribution >= 4 is 0 Å². The van der Waals surface area contributed by atoms with Crippen LogP contribution in [-0.4, -0.2) is 34.7 Å². The van der Waals surface area contributed by atoms with Crippen molar-refractivity contribution in [3.8, 4) is 5.75 Å². The molecule has 156 valence electrons. The second-order valence-electron chi connectivity index (χ2n) is 8.88. The Morgan fingerprint density at radius 3 is 2.33 bits per heavy atom. The molecule has 3 nitrogen and oxygen atoms in total. The van der Waals surface area contributed by atoms with Gasteiger partial charge in [-0.05, 0) is 49.6 Å². The van der Waals surface area contributed by atoms with E-state index in [-0.39, 0.29) is 11.6 Å². The number of hydrogen-bond acceptors (Lipinski definition) is 2. The van der Waals surface area contributed by atoms with Gasteiger partial charge in [-0.1, -0.05) is 55.0 Å². The number of hydrogen-bond donors (Lipinski definition) is 0. The van der Waals surface area contributed by atoms with Gasteiger partial charge in [-0.25, -0.2) is 0 Å². The molecule has 3 heterocycles. The van der Waals surface area contributed by atoms with Gasteiger partial charge in [0, 0.05) is 43.9 Å². The monoisotopic (exact) mass is 400 g/mol. The number of benzene rings is 2. The maximum absolute atomic E-state index is 6.66. The SMILES string of the molecule is c1ccc(CCCCCN2CCC3(CC2)Oc2ccccc2C3n2cccc2)cc1. The maximum Gasteiger partial charge on any atom is 0.136 e. The van der Waals surface area contributed by atoms with E-state index in [9.17, 15) is 0 Å². The molecule has 2 aliphatic heterocycles. The van der Waals surface area contributed by atoms with Crippen LogP contribution in [0.25, 0.3) is 0 Å². The molecule has 1 aromatic heterocycles. The molecule has 2 aliphatic rings. The summed E-state index contributed by atoms with van der Waals surface area (Å²) in [6, 6.07) is 24.0. The van der Waals surface area contributed by atoms with E-state index < -0.39 is 0 Å². The maximum atomic E-state index is 6.66. The lowest BCUT2D eigenvalue weighted by molar-refractivity contribution is -0.00723. The molecule has 0 saturated carbocycles. The molecular formula is C27H32N2O. The quantitative estimate of drug-likeness (QED) is 0.472. The van der Waals surface area contributed by atoms with E-state index in [0.29, 0.717) is 0 Å². The minimum atomic E-state index is -0.105. The van der Waals surface area contributed by atoms with E-state index in [1.54, 1.807) is 0 Å². The number of ether oxygens (including phenoxy) is 1. The second-order valence-corrected chi connectivity index (χ2v) is 8.88. The van der Waals surface area contributed by atoms with Gasteiger partial charge in [-0.2, -0.15) is 0 Å². The first kappa shape index (κ1) is 19.4. The lowest BCUT2D eigenvalue weighted by Gasteiger charge is -2.42. The lowest BCUT2D eigenvalue weighted by atomic mass is 9.82. The fourth-order valence-electron chi connectivity index (χ4n) is 5.33. The molecule has 0 bridgehead atoms. The predicted molar refractivity (Wildman–Crippen MR) is 122 cm³/mol. The Balaban J connectivity index is 1.15. The Labute approximate surface area is 180 Å². The largest absolute Gasteiger partial charge is 0.484 e. The molecule has 1 atom stereocenters. The average molecular weight is 401 g/mol. The van der Waals surface area contributed by atoms with Crippen molar-refractivity contribution in [2.24, 2.45) is 0 Å². The lowest BCUT2D eigenvalue weighted by Crippen LogP contribution is -2.50. The highest BCUT2D eigenvalue weighted by Gasteiger charge is 2.50. The summed E-state index contributed by atoms with van der Waals surface area (Å²) in [6.07, 6.45) is 11.7. The number of piperidine rings is 1. The van der Waals surface area contributed by atoms with Gasteiger partial charge in [0.1, 0.15) is 17.4 Å². The van der Waals surface area contributed by atoms with E-state index in [4.69, 9.17) is 4.74 Å². The predicted octanol–water partition coefficient (Wildman–Crippen LogP) is 5.72. The standard InChI is InChI=1S/C27H32N2O/c1-3-11-23(12-4-1)13-5-2-8-18-28-21-16-27(17-22-28)26(29-19-9-10-20-29)24-14-6-7-15-25(24)30-27/h1,3-4,6-7,9-12,14-15,19-20,26H,2,5,8,13,16-18,21-22H2. The van der Waals surface area contributed by atoms with Crippen LogP contribution in [0, 0.1) is 0 Å². The van der Waals surface area contributed by atoms with E-state index in [0.717, 1.165) is 31.7 Å². The number of likely N-dealkylation sites (tertiary alicyclic amines) is 1. The number of para-hydroxylation sites is 1. The molecule has 0 aliphatic carbocycles. The number of nitrogens with zero attached hydrogens (tertiary/aromatic N) is 2. The van der Waals surface area contributed by atoms with Crippen LogP contribution < -0.4 is 4.74 Å². The van der Waals surface area contributed by atoms with Gasteiger partial charge >= 0.3 is 0 Å². The van der Waals surface area contributed by atoms with Crippen molar-refractivity contribution in [2.45, 2.75) is 50.2 Å². The van der Waals surface area contributed by atoms with Gasteiger partial charge in [0.15, 0.2) is 0 Å². The third-order valence-electron chi connectivity index (χ3n) is 6.94. The normalized spacial score (nSPS) is 20.2. The molecule has 1 saturated heterocycles. The Morgan fingerprint density at radius 1 is 0.800 bits per heavy atom. The molecule has 3 aromatic rings. The van der Waals surface area contributed by atoms with Crippen LogP contribution in [-0.2, 0) is 6.42 Å². The molecule has 1 fully saturated rings. The topological polar surface area (TPSA) is 17.4 Å². The van der Waals surface area contributed by atoms with Crippen molar-refractivity contribution in [3.63, 3.8) is 0 Å². The third kappa shape index (κ3) is 3.91. The average Bonchev–Trinajstić information content (AvgIpc) is 3.41. The van der Waals surface area contributed by atoms with Crippen LogP contribution in [0.1, 0.15) is 49.3 Å². The third-order valence-corrected chi connectivity index (χ3v) is 6.94. The number of rotatable bonds is 7. The van der Waals surface area contributed by atoms with E-state index in [1.165, 1.54) is 43.4 Å². The van der Waals surface area contributed by atoms with E-state index in [1.807, 2.05) is 0 Å². The van der Waals surface area contributed by atoms with E-state index >= 15 is 0 Å². The highest BCUT2D eigenvalue weighted by atomic mass is 16.5. The van der Waals surface area contributed by atoms with Crippen LogP contribution in [0.4, 0.5) is 0 Å². The Morgan fingerprint density at radius 2 is 1.53 bits per heavy atom. The number of unbranched alkanes of at least 4 members (excludes halogenated alkanes) is 2. The molecule has 0 N–H and O–H groups in total. The first-order valence-electron chi connectivity index (χ1n) is 11.5. The van der Waals surface area contributed by atoms with Gasteiger partial charge in [0.25, 0.3) is 0 Å². The van der Waals surface area contributed by atoms with Gasteiger partial charge < -0.3 is 14.2 Å². The van der Waals surface area contributed by atoms with Crippen LogP contribution in [0.15, 0.2) is 79.1 Å². The second kappa shape index (κ2) is 8.69. The van der Waals surface area contributed by atoms with Crippen molar-refractivity contribution in [1.29, 1.82) is 0 Å². The zero-order valence-corrected chi connectivity index (χ0v) is 17.7. The molecular weight excluding hydrogens is 368 g/mol. The Bertz CT molecular complexity index is 927. The molecule has 30 heavy (non-hydrogen) atoms. The summed E-state index contributed by atoms with van der Waals surface area (Å²) < 4.78 is 9.02. The molecule has 0 radical (unpaired) electrons. The summed E-state index contributed by atoms with van der Waals surface area (Å²) in [5.74, 6) is 1.07. The smallest absolute Gasteiger partial charge is 0.136 e. The minimum absolute atomic E-state index is 0.105. The van der Waals surface area contributed by atoms with Gasteiger partial charge in [0.2, 0.25) is 0 Å². The summed E-state index contributed by atoms with van der Waals surface area (Å²) in [7, 11) is 0. The van der Waals surface area contributed by atoms with Gasteiger partial charge in [-0.15, -0.1) is 0 Å². The van der Waals surface area contributed by atoms with Crippen molar-refractivity contribution < 1.29 is 4.74 Å². The zero-order chi connectivity index (χ0) is 20.2. The highest BCUT2D eigenvalue weighted by molar-refractivity contribution is 5.43. The molecule has 5 rings (SSSR count). The molecule has 1 unspecified atom stereocenters. The Hall–Kier alpha value is -2.52. The first-order valence-corrected chi connectivity index (χ1v) is 11.5. The highest BCUT2D eigenvalue weighted by Crippen LogP contribution is 2.50. The fraction of sp³-hybridized carbons (Fsp3) is 0.407. The van der Waals surface area contributed by atoms with Crippen molar-refractivity contribution in [1.82, 2.24) is 9.47 Å². The number of aryl methyl sites for hydroxylation is 1. The summed E-state index contributed by atoms with van der Waals surface area (Å²) in [4.78, 5) is 2.65. The van der Waals surface area contributed by atoms with Crippen molar-refractivity contribution in [2.75, 3.05) is 19.6 Å². The molecule has 1 spiro atoms. The first-order chi connectivity index (χ1) is 14.8. The molecule has 2 aromatic carbocycles. The number of aromatic nitrogens is 1.